The van der Waals surface area contributed by atoms with Gasteiger partial charge in [-0.1, -0.05) is 18.2 Å². The minimum atomic E-state index is -0.967. The van der Waals surface area contributed by atoms with Crippen molar-refractivity contribution in [3.05, 3.63) is 69.3 Å². The van der Waals surface area contributed by atoms with Crippen LogP contribution in [0.4, 0.5) is 20.2 Å². The Labute approximate surface area is 118 Å². The second kappa shape index (κ2) is 5.66. The van der Waals surface area contributed by atoms with Crippen LogP contribution in [-0.2, 0) is 0 Å². The van der Waals surface area contributed by atoms with Crippen LogP contribution in [0.2, 0.25) is 0 Å². The summed E-state index contributed by atoms with van der Waals surface area (Å²) in [5.41, 5.74) is -1.26. The number of rotatable bonds is 3. The van der Waals surface area contributed by atoms with Gasteiger partial charge in [0.25, 0.3) is 11.6 Å². The van der Waals surface area contributed by atoms with Crippen molar-refractivity contribution in [3.8, 4) is 0 Å². The van der Waals surface area contributed by atoms with Crippen molar-refractivity contribution in [1.29, 1.82) is 0 Å². The largest absolute Gasteiger partial charge is 0.314 e. The number of nitro benzene ring substituents is 1. The second-order valence-corrected chi connectivity index (χ2v) is 4.28. The predicted octanol–water partition coefficient (Wildman–Crippen LogP) is 3.43. The molecule has 0 aliphatic heterocycles. The summed E-state index contributed by atoms with van der Waals surface area (Å²) in [7, 11) is 0. The van der Waals surface area contributed by atoms with Gasteiger partial charge in [0, 0.05) is 6.07 Å². The fraction of sp³-hybridized carbons (Fsp3) is 0.0714. The molecule has 0 aromatic heterocycles. The van der Waals surface area contributed by atoms with E-state index in [-0.39, 0.29) is 11.1 Å². The van der Waals surface area contributed by atoms with Gasteiger partial charge in [-0.25, -0.2) is 8.78 Å². The number of carbonyl (C=O) groups excluding carboxylic acids is 1. The van der Waals surface area contributed by atoms with E-state index < -0.39 is 33.8 Å². The quantitative estimate of drug-likeness (QED) is 0.695. The minimum Gasteiger partial charge on any atom is -0.314 e. The molecule has 0 saturated heterocycles. The van der Waals surface area contributed by atoms with Crippen LogP contribution >= 0.6 is 0 Å². The highest BCUT2D eigenvalue weighted by atomic mass is 19.1. The second-order valence-electron chi connectivity index (χ2n) is 4.28. The van der Waals surface area contributed by atoms with Gasteiger partial charge in [-0.15, -0.1) is 0 Å². The lowest BCUT2D eigenvalue weighted by Crippen LogP contribution is -2.16. The third kappa shape index (κ3) is 2.86. The summed E-state index contributed by atoms with van der Waals surface area (Å²) >= 11 is 0. The molecular formula is C14H10F2N2O3. The lowest BCUT2D eigenvalue weighted by Gasteiger charge is -2.08. The molecule has 108 valence electrons. The Morgan fingerprint density at radius 1 is 1.19 bits per heavy atom. The van der Waals surface area contributed by atoms with Crippen molar-refractivity contribution in [2.75, 3.05) is 5.32 Å². The van der Waals surface area contributed by atoms with Crippen LogP contribution in [0, 0.1) is 28.7 Å². The first-order valence-corrected chi connectivity index (χ1v) is 5.91. The fourth-order valence-corrected chi connectivity index (χ4v) is 1.79. The topological polar surface area (TPSA) is 72.2 Å². The van der Waals surface area contributed by atoms with Crippen molar-refractivity contribution in [2.45, 2.75) is 6.92 Å². The first kappa shape index (κ1) is 14.6. The molecule has 0 fully saturated rings. The number of para-hydroxylation sites is 1. The number of hydrogen-bond acceptors (Lipinski definition) is 3. The summed E-state index contributed by atoms with van der Waals surface area (Å²) in [5.74, 6) is -2.68. The lowest BCUT2D eigenvalue weighted by atomic mass is 10.1. The monoisotopic (exact) mass is 292 g/mol. The van der Waals surface area contributed by atoms with E-state index in [2.05, 4.69) is 0 Å². The summed E-state index contributed by atoms with van der Waals surface area (Å²) in [4.78, 5) is 22.0. The average molecular weight is 292 g/mol. The number of nitro groups is 1. The van der Waals surface area contributed by atoms with Gasteiger partial charge in [-0.2, -0.15) is 0 Å². The fourth-order valence-electron chi connectivity index (χ4n) is 1.79. The molecule has 7 heteroatoms. The predicted molar refractivity (Wildman–Crippen MR) is 72.1 cm³/mol. The maximum Gasteiger partial charge on any atom is 0.295 e. The van der Waals surface area contributed by atoms with E-state index in [4.69, 9.17) is 0 Å². The number of nitrogens with zero attached hydrogens (tertiary/aromatic N) is 1. The van der Waals surface area contributed by atoms with Gasteiger partial charge in [0.1, 0.15) is 5.82 Å². The summed E-state index contributed by atoms with van der Waals surface area (Å²) in [6.07, 6.45) is 0. The van der Waals surface area contributed by atoms with Gasteiger partial charge in [-0.3, -0.25) is 14.9 Å². The van der Waals surface area contributed by atoms with Crippen LogP contribution in [0.5, 0.6) is 0 Å². The average Bonchev–Trinajstić information content (AvgIpc) is 2.43. The number of amides is 1. The van der Waals surface area contributed by atoms with Crippen molar-refractivity contribution in [2.24, 2.45) is 0 Å². The molecule has 2 aromatic rings. The number of carbonyl (C=O) groups is 1. The van der Waals surface area contributed by atoms with E-state index in [1.807, 2.05) is 5.32 Å². The number of aryl methyl sites for hydroxylation is 1. The number of benzene rings is 2. The van der Waals surface area contributed by atoms with Gasteiger partial charge in [0.2, 0.25) is 0 Å². The first-order chi connectivity index (χ1) is 9.91. The van der Waals surface area contributed by atoms with Crippen LogP contribution in [0.1, 0.15) is 15.9 Å². The van der Waals surface area contributed by atoms with Crippen LogP contribution < -0.4 is 5.32 Å². The van der Waals surface area contributed by atoms with E-state index >= 15 is 0 Å². The maximum atomic E-state index is 13.8. The highest BCUT2D eigenvalue weighted by Gasteiger charge is 2.22. The highest BCUT2D eigenvalue weighted by Crippen LogP contribution is 2.27. The Bertz CT molecular complexity index is 732. The molecular weight excluding hydrogens is 282 g/mol. The van der Waals surface area contributed by atoms with Crippen molar-refractivity contribution in [1.82, 2.24) is 0 Å². The van der Waals surface area contributed by atoms with E-state index in [1.165, 1.54) is 25.1 Å². The van der Waals surface area contributed by atoms with Crippen molar-refractivity contribution >= 4 is 17.3 Å². The molecule has 21 heavy (non-hydrogen) atoms. The van der Waals surface area contributed by atoms with Gasteiger partial charge < -0.3 is 5.32 Å². The molecule has 0 aliphatic rings. The summed E-state index contributed by atoms with van der Waals surface area (Å²) < 4.78 is 27.5. The molecule has 0 aliphatic carbocycles. The van der Waals surface area contributed by atoms with Crippen LogP contribution in [0.15, 0.2) is 36.4 Å². The molecule has 0 spiro atoms. The van der Waals surface area contributed by atoms with E-state index in [0.29, 0.717) is 0 Å². The zero-order valence-electron chi connectivity index (χ0n) is 10.9. The summed E-state index contributed by atoms with van der Waals surface area (Å²) in [6, 6.07) is 7.31. The Morgan fingerprint density at radius 2 is 1.86 bits per heavy atom. The van der Waals surface area contributed by atoms with Gasteiger partial charge in [0.15, 0.2) is 11.5 Å². The van der Waals surface area contributed by atoms with Crippen LogP contribution in [0.3, 0.4) is 0 Å². The Morgan fingerprint density at radius 3 is 2.52 bits per heavy atom. The Kier molecular flexibility index (Phi) is 3.93. The minimum absolute atomic E-state index is 0.241. The molecule has 0 atom stereocenters. The molecule has 0 unspecified atom stereocenters. The normalized spacial score (nSPS) is 10.2. The van der Waals surface area contributed by atoms with E-state index in [9.17, 15) is 23.7 Å². The van der Waals surface area contributed by atoms with Gasteiger partial charge >= 0.3 is 0 Å². The Hall–Kier alpha value is -2.83. The third-order valence-electron chi connectivity index (χ3n) is 2.86. The molecule has 0 heterocycles. The molecule has 2 rings (SSSR count). The number of nitrogens with one attached hydrogen (secondary N) is 1. The molecule has 5 nitrogen and oxygen atoms in total. The molecule has 0 radical (unpaired) electrons. The standard InChI is InChI=1S/C14H10F2N2O3/c1-8-4-2-5-9(12(8)16)14(19)17-13-10(15)6-3-7-11(13)18(20)21/h2-7H,1H3,(H,17,19). The zero-order chi connectivity index (χ0) is 15.6. The van der Waals surface area contributed by atoms with Gasteiger partial charge in [-0.05, 0) is 24.6 Å². The SMILES string of the molecule is Cc1cccc(C(=O)Nc2c(F)cccc2[N+](=O)[O-])c1F. The summed E-state index contributed by atoms with van der Waals surface area (Å²) in [5, 5.41) is 12.9. The van der Waals surface area contributed by atoms with Gasteiger partial charge in [0.05, 0.1) is 10.5 Å². The van der Waals surface area contributed by atoms with Crippen molar-refractivity contribution in [3.63, 3.8) is 0 Å². The molecule has 0 bridgehead atoms. The molecule has 0 saturated carbocycles. The summed E-state index contributed by atoms with van der Waals surface area (Å²) in [6.45, 7) is 1.47. The van der Waals surface area contributed by atoms with Crippen LogP contribution in [-0.4, -0.2) is 10.8 Å². The highest BCUT2D eigenvalue weighted by molar-refractivity contribution is 6.05. The molecule has 1 N–H and O–H groups in total. The molecule has 2 aromatic carbocycles. The smallest absolute Gasteiger partial charge is 0.295 e. The number of halogens is 2. The van der Waals surface area contributed by atoms with E-state index in [1.54, 1.807) is 0 Å². The number of anilines is 1. The van der Waals surface area contributed by atoms with Crippen LogP contribution in [0.25, 0.3) is 0 Å². The molecule has 1 amide bonds. The lowest BCUT2D eigenvalue weighted by molar-refractivity contribution is -0.384. The van der Waals surface area contributed by atoms with E-state index in [0.717, 1.165) is 18.2 Å². The van der Waals surface area contributed by atoms with Crippen molar-refractivity contribution < 1.29 is 18.5 Å². The first-order valence-electron chi connectivity index (χ1n) is 5.91. The number of hydrogen-bond donors (Lipinski definition) is 1. The maximum absolute atomic E-state index is 13.8. The third-order valence-corrected chi connectivity index (χ3v) is 2.86. The Balaban J connectivity index is 2.41. The zero-order valence-corrected chi connectivity index (χ0v) is 10.9.